The standard InChI is InChI=1S/C14H19N3O3/c1-14(2,13(19)20)17-9-11(8-15-17)16-12(18)10-6-4-3-5-7-10/h3-4,8-10H,5-7H2,1-2H3,(H,16,18)(H,19,20)/t10-/m0/s1. The van der Waals surface area contributed by atoms with Crippen LogP contribution in [0, 0.1) is 5.92 Å². The van der Waals surface area contributed by atoms with Gasteiger partial charge in [-0.2, -0.15) is 5.10 Å². The second-order valence-electron chi connectivity index (χ2n) is 5.51. The maximum Gasteiger partial charge on any atom is 0.331 e. The number of rotatable bonds is 4. The Morgan fingerprint density at radius 3 is 2.80 bits per heavy atom. The summed E-state index contributed by atoms with van der Waals surface area (Å²) in [6.07, 6.45) is 9.63. The van der Waals surface area contributed by atoms with Crippen molar-refractivity contribution in [3.8, 4) is 0 Å². The molecule has 20 heavy (non-hydrogen) atoms. The zero-order valence-electron chi connectivity index (χ0n) is 11.7. The molecule has 0 spiro atoms. The smallest absolute Gasteiger partial charge is 0.331 e. The number of hydrogen-bond donors (Lipinski definition) is 2. The van der Waals surface area contributed by atoms with Gasteiger partial charge in [-0.3, -0.25) is 9.48 Å². The van der Waals surface area contributed by atoms with Crippen LogP contribution in [0.4, 0.5) is 5.69 Å². The summed E-state index contributed by atoms with van der Waals surface area (Å²) in [6, 6.07) is 0. The number of aliphatic carboxylic acids is 1. The molecule has 0 radical (unpaired) electrons. The summed E-state index contributed by atoms with van der Waals surface area (Å²) in [7, 11) is 0. The van der Waals surface area contributed by atoms with Gasteiger partial charge in [-0.1, -0.05) is 12.2 Å². The van der Waals surface area contributed by atoms with Gasteiger partial charge in [0, 0.05) is 12.1 Å². The first kappa shape index (κ1) is 14.3. The molecule has 6 heteroatoms. The number of anilines is 1. The number of hydrogen-bond acceptors (Lipinski definition) is 3. The van der Waals surface area contributed by atoms with Crippen molar-refractivity contribution in [3.05, 3.63) is 24.5 Å². The van der Waals surface area contributed by atoms with Gasteiger partial charge in [0.1, 0.15) is 0 Å². The van der Waals surface area contributed by atoms with Crippen LogP contribution >= 0.6 is 0 Å². The van der Waals surface area contributed by atoms with E-state index in [2.05, 4.69) is 16.5 Å². The normalized spacial score (nSPS) is 18.8. The van der Waals surface area contributed by atoms with Crippen LogP contribution in [0.3, 0.4) is 0 Å². The fourth-order valence-corrected chi connectivity index (χ4v) is 2.07. The summed E-state index contributed by atoms with van der Waals surface area (Å²) in [5.41, 5.74) is -0.616. The quantitative estimate of drug-likeness (QED) is 0.824. The first-order valence-electron chi connectivity index (χ1n) is 6.65. The monoisotopic (exact) mass is 277 g/mol. The summed E-state index contributed by atoms with van der Waals surface area (Å²) >= 11 is 0. The van der Waals surface area contributed by atoms with Crippen LogP contribution in [0.25, 0.3) is 0 Å². The molecule has 0 fully saturated rings. The first-order chi connectivity index (χ1) is 9.41. The van der Waals surface area contributed by atoms with Crippen molar-refractivity contribution >= 4 is 17.6 Å². The molecule has 0 aliphatic heterocycles. The molecule has 0 bridgehead atoms. The summed E-state index contributed by atoms with van der Waals surface area (Å²) in [6.45, 7) is 3.11. The number of carboxylic acid groups (broad SMARTS) is 1. The summed E-state index contributed by atoms with van der Waals surface area (Å²) in [5, 5.41) is 15.9. The third-order valence-electron chi connectivity index (χ3n) is 3.59. The van der Waals surface area contributed by atoms with E-state index in [0.717, 1.165) is 19.3 Å². The van der Waals surface area contributed by atoms with Gasteiger partial charge in [0.05, 0.1) is 11.9 Å². The third-order valence-corrected chi connectivity index (χ3v) is 3.59. The lowest BCUT2D eigenvalue weighted by atomic mass is 9.94. The van der Waals surface area contributed by atoms with E-state index in [9.17, 15) is 9.59 Å². The lowest BCUT2D eigenvalue weighted by Crippen LogP contribution is -2.36. The number of allylic oxidation sites excluding steroid dienone is 2. The number of aromatic nitrogens is 2. The zero-order valence-corrected chi connectivity index (χ0v) is 11.7. The van der Waals surface area contributed by atoms with Gasteiger partial charge < -0.3 is 10.4 Å². The molecule has 0 aromatic carbocycles. The van der Waals surface area contributed by atoms with Gasteiger partial charge in [0.2, 0.25) is 5.91 Å². The Kier molecular flexibility index (Phi) is 3.92. The van der Waals surface area contributed by atoms with E-state index >= 15 is 0 Å². The van der Waals surface area contributed by atoms with Gasteiger partial charge in [-0.15, -0.1) is 0 Å². The molecule has 1 heterocycles. The van der Waals surface area contributed by atoms with Crippen LogP contribution in [0.2, 0.25) is 0 Å². The van der Waals surface area contributed by atoms with E-state index < -0.39 is 11.5 Å². The van der Waals surface area contributed by atoms with Crippen LogP contribution in [-0.4, -0.2) is 26.8 Å². The second kappa shape index (κ2) is 5.48. The molecule has 108 valence electrons. The van der Waals surface area contributed by atoms with Gasteiger partial charge >= 0.3 is 5.97 Å². The van der Waals surface area contributed by atoms with Crippen molar-refractivity contribution in [2.45, 2.75) is 38.6 Å². The summed E-state index contributed by atoms with van der Waals surface area (Å²) < 4.78 is 1.34. The van der Waals surface area contributed by atoms with Crippen LogP contribution in [0.5, 0.6) is 0 Å². The van der Waals surface area contributed by atoms with Crippen molar-refractivity contribution in [1.29, 1.82) is 0 Å². The molecule has 1 amide bonds. The number of carboxylic acids is 1. The lowest BCUT2D eigenvalue weighted by Gasteiger charge is -2.19. The van der Waals surface area contributed by atoms with Crippen LogP contribution in [0.15, 0.2) is 24.5 Å². The third kappa shape index (κ3) is 2.89. The Balaban J connectivity index is 2.04. The molecule has 0 saturated heterocycles. The van der Waals surface area contributed by atoms with Gasteiger partial charge in [0.15, 0.2) is 5.54 Å². The highest BCUT2D eigenvalue weighted by Gasteiger charge is 2.30. The predicted octanol–water partition coefficient (Wildman–Crippen LogP) is 2.00. The van der Waals surface area contributed by atoms with Crippen LogP contribution in [-0.2, 0) is 15.1 Å². The van der Waals surface area contributed by atoms with Gasteiger partial charge in [-0.25, -0.2) is 4.79 Å². The molecule has 1 atom stereocenters. The Labute approximate surface area is 117 Å². The van der Waals surface area contributed by atoms with E-state index in [1.54, 1.807) is 20.0 Å². The van der Waals surface area contributed by atoms with Crippen molar-refractivity contribution < 1.29 is 14.7 Å². The highest BCUT2D eigenvalue weighted by Crippen LogP contribution is 2.21. The van der Waals surface area contributed by atoms with E-state index in [4.69, 9.17) is 5.11 Å². The molecule has 1 aromatic heterocycles. The van der Waals surface area contributed by atoms with Crippen molar-refractivity contribution in [2.75, 3.05) is 5.32 Å². The lowest BCUT2D eigenvalue weighted by molar-refractivity contribution is -0.146. The molecule has 0 unspecified atom stereocenters. The number of amides is 1. The minimum atomic E-state index is -1.14. The summed E-state index contributed by atoms with van der Waals surface area (Å²) in [4.78, 5) is 23.2. The molecular weight excluding hydrogens is 258 g/mol. The SMILES string of the molecule is CC(C)(C(=O)O)n1cc(NC(=O)[C@H]2CC=CCC2)cn1. The average Bonchev–Trinajstić information content (AvgIpc) is 2.88. The Morgan fingerprint density at radius 2 is 2.20 bits per heavy atom. The zero-order chi connectivity index (χ0) is 14.8. The van der Waals surface area contributed by atoms with Gasteiger partial charge in [-0.05, 0) is 33.1 Å². The van der Waals surface area contributed by atoms with Crippen LogP contribution < -0.4 is 5.32 Å². The number of nitrogens with zero attached hydrogens (tertiary/aromatic N) is 2. The molecule has 1 aliphatic carbocycles. The number of carbonyl (C=O) groups is 2. The Bertz CT molecular complexity index is 546. The first-order valence-corrected chi connectivity index (χ1v) is 6.65. The van der Waals surface area contributed by atoms with Crippen molar-refractivity contribution in [3.63, 3.8) is 0 Å². The number of carbonyl (C=O) groups excluding carboxylic acids is 1. The fraction of sp³-hybridized carbons (Fsp3) is 0.500. The maximum atomic E-state index is 12.1. The minimum absolute atomic E-state index is 0.0177. The number of nitrogens with one attached hydrogen (secondary N) is 1. The largest absolute Gasteiger partial charge is 0.479 e. The molecule has 6 nitrogen and oxygen atoms in total. The van der Waals surface area contributed by atoms with Gasteiger partial charge in [0.25, 0.3) is 0 Å². The predicted molar refractivity (Wildman–Crippen MR) is 74.3 cm³/mol. The topological polar surface area (TPSA) is 84.2 Å². The van der Waals surface area contributed by atoms with E-state index in [-0.39, 0.29) is 11.8 Å². The molecule has 1 aromatic rings. The molecular formula is C14H19N3O3. The maximum absolute atomic E-state index is 12.1. The molecule has 2 N–H and O–H groups in total. The highest BCUT2D eigenvalue weighted by atomic mass is 16.4. The molecule has 1 aliphatic rings. The van der Waals surface area contributed by atoms with Crippen LogP contribution in [0.1, 0.15) is 33.1 Å². The summed E-state index contributed by atoms with van der Waals surface area (Å²) in [5.74, 6) is -1.03. The molecule has 2 rings (SSSR count). The minimum Gasteiger partial charge on any atom is -0.479 e. The van der Waals surface area contributed by atoms with E-state index in [0.29, 0.717) is 5.69 Å². The fourth-order valence-electron chi connectivity index (χ4n) is 2.07. The molecule has 0 saturated carbocycles. The van der Waals surface area contributed by atoms with E-state index in [1.165, 1.54) is 10.9 Å². The van der Waals surface area contributed by atoms with Crippen molar-refractivity contribution in [1.82, 2.24) is 9.78 Å². The van der Waals surface area contributed by atoms with Crippen molar-refractivity contribution in [2.24, 2.45) is 5.92 Å². The van der Waals surface area contributed by atoms with E-state index in [1.807, 2.05) is 6.08 Å². The Hall–Kier alpha value is -2.11. The second-order valence-corrected chi connectivity index (χ2v) is 5.51. The Morgan fingerprint density at radius 1 is 1.45 bits per heavy atom. The average molecular weight is 277 g/mol. The highest BCUT2D eigenvalue weighted by molar-refractivity contribution is 5.92.